The quantitative estimate of drug-likeness (QED) is 0.806. The number of carbonyl (C=O) groups is 2. The fourth-order valence-corrected chi connectivity index (χ4v) is 4.24. The molecular formula is C16H23N3O2S. The van der Waals surface area contributed by atoms with E-state index in [-0.39, 0.29) is 17.9 Å². The monoisotopic (exact) mass is 321 g/mol. The zero-order chi connectivity index (χ0) is 15.5. The van der Waals surface area contributed by atoms with Crippen molar-refractivity contribution in [2.75, 3.05) is 19.6 Å². The number of nitrogens with one attached hydrogen (secondary N) is 1. The molecule has 1 aliphatic heterocycles. The summed E-state index contributed by atoms with van der Waals surface area (Å²) in [7, 11) is 0. The van der Waals surface area contributed by atoms with E-state index in [0.29, 0.717) is 36.8 Å². The minimum absolute atomic E-state index is 0.0598. The van der Waals surface area contributed by atoms with Gasteiger partial charge in [0, 0.05) is 43.0 Å². The first-order valence-electron chi connectivity index (χ1n) is 7.99. The van der Waals surface area contributed by atoms with Gasteiger partial charge in [-0.3, -0.25) is 9.59 Å². The van der Waals surface area contributed by atoms with Gasteiger partial charge in [-0.25, -0.2) is 0 Å². The van der Waals surface area contributed by atoms with Gasteiger partial charge in [0.1, 0.15) is 0 Å². The minimum atomic E-state index is -0.0598. The van der Waals surface area contributed by atoms with Gasteiger partial charge >= 0.3 is 0 Å². The molecule has 1 aromatic rings. The molecule has 1 saturated carbocycles. The van der Waals surface area contributed by atoms with Crippen LogP contribution in [0.2, 0.25) is 0 Å². The summed E-state index contributed by atoms with van der Waals surface area (Å²) in [4.78, 5) is 26.0. The molecular weight excluding hydrogens is 298 g/mol. The smallest absolute Gasteiger partial charge is 0.252 e. The average molecular weight is 321 g/mol. The molecule has 0 radical (unpaired) electrons. The molecule has 0 aromatic carbocycles. The molecule has 0 bridgehead atoms. The van der Waals surface area contributed by atoms with Gasteiger partial charge in [0.25, 0.3) is 5.91 Å². The summed E-state index contributed by atoms with van der Waals surface area (Å²) in [5, 5.41) is 6.56. The predicted octanol–water partition coefficient (Wildman–Crippen LogP) is 1.45. The van der Waals surface area contributed by atoms with Crippen molar-refractivity contribution in [1.29, 1.82) is 0 Å². The number of carbonyl (C=O) groups excluding carboxylic acids is 2. The number of nitrogens with zero attached hydrogens (tertiary/aromatic N) is 1. The molecule has 2 heterocycles. The third-order valence-electron chi connectivity index (χ3n) is 4.90. The lowest BCUT2D eigenvalue weighted by Gasteiger charge is -2.18. The second-order valence-corrected chi connectivity index (χ2v) is 7.12. The molecule has 1 aliphatic carbocycles. The maximum Gasteiger partial charge on any atom is 0.252 e. The molecule has 0 spiro atoms. The van der Waals surface area contributed by atoms with Crippen molar-refractivity contribution in [3.8, 4) is 0 Å². The molecule has 3 unspecified atom stereocenters. The van der Waals surface area contributed by atoms with Crippen LogP contribution in [-0.2, 0) is 4.79 Å². The molecule has 2 amide bonds. The largest absolute Gasteiger partial charge is 0.352 e. The van der Waals surface area contributed by atoms with Gasteiger partial charge < -0.3 is 16.0 Å². The van der Waals surface area contributed by atoms with Crippen LogP contribution in [0.3, 0.4) is 0 Å². The predicted molar refractivity (Wildman–Crippen MR) is 86.7 cm³/mol. The van der Waals surface area contributed by atoms with Gasteiger partial charge in [-0.1, -0.05) is 0 Å². The molecule has 120 valence electrons. The third-order valence-corrected chi connectivity index (χ3v) is 5.58. The maximum atomic E-state index is 12.2. The Morgan fingerprint density at radius 1 is 1.36 bits per heavy atom. The Labute approximate surface area is 134 Å². The van der Waals surface area contributed by atoms with E-state index in [1.807, 2.05) is 15.7 Å². The number of hydrogen-bond donors (Lipinski definition) is 2. The molecule has 6 heteroatoms. The Morgan fingerprint density at radius 2 is 2.23 bits per heavy atom. The van der Waals surface area contributed by atoms with Crippen LogP contribution in [-0.4, -0.2) is 42.4 Å². The fourth-order valence-electron chi connectivity index (χ4n) is 3.61. The highest BCUT2D eigenvalue weighted by Crippen LogP contribution is 2.37. The molecule has 3 N–H and O–H groups in total. The normalized spacial score (nSPS) is 27.0. The number of likely N-dealkylation sites (tertiary alicyclic amines) is 1. The fraction of sp³-hybridized carbons (Fsp3) is 0.625. The van der Waals surface area contributed by atoms with Gasteiger partial charge in [-0.05, 0) is 42.5 Å². The van der Waals surface area contributed by atoms with Gasteiger partial charge in [-0.15, -0.1) is 0 Å². The van der Waals surface area contributed by atoms with Crippen LogP contribution in [0.5, 0.6) is 0 Å². The molecule has 3 atom stereocenters. The zero-order valence-corrected chi connectivity index (χ0v) is 13.5. The zero-order valence-electron chi connectivity index (χ0n) is 12.7. The van der Waals surface area contributed by atoms with E-state index in [1.165, 1.54) is 11.3 Å². The van der Waals surface area contributed by atoms with Crippen LogP contribution < -0.4 is 11.1 Å². The third kappa shape index (κ3) is 3.33. The highest BCUT2D eigenvalue weighted by Gasteiger charge is 2.42. The molecule has 3 rings (SSSR count). The number of nitrogens with two attached hydrogens (primary N) is 1. The van der Waals surface area contributed by atoms with Crippen LogP contribution in [0.15, 0.2) is 16.8 Å². The first kappa shape index (κ1) is 15.5. The minimum Gasteiger partial charge on any atom is -0.352 e. The van der Waals surface area contributed by atoms with Crippen molar-refractivity contribution in [2.24, 2.45) is 17.6 Å². The number of thiophene rings is 1. The topological polar surface area (TPSA) is 75.4 Å². The summed E-state index contributed by atoms with van der Waals surface area (Å²) < 4.78 is 0. The van der Waals surface area contributed by atoms with Crippen LogP contribution in [0.4, 0.5) is 0 Å². The summed E-state index contributed by atoms with van der Waals surface area (Å²) in [6.07, 6.45) is 3.45. The Morgan fingerprint density at radius 3 is 2.95 bits per heavy atom. The summed E-state index contributed by atoms with van der Waals surface area (Å²) in [6, 6.07) is 2.07. The van der Waals surface area contributed by atoms with Gasteiger partial charge in [-0.2, -0.15) is 11.3 Å². The van der Waals surface area contributed by atoms with Crippen molar-refractivity contribution < 1.29 is 9.59 Å². The van der Waals surface area contributed by atoms with Gasteiger partial charge in [0.15, 0.2) is 0 Å². The lowest BCUT2D eigenvalue weighted by Crippen LogP contribution is -2.34. The second-order valence-electron chi connectivity index (χ2n) is 6.34. The average Bonchev–Trinajstić information content (AvgIpc) is 3.22. The molecule has 2 aliphatic rings. The van der Waals surface area contributed by atoms with E-state index in [2.05, 4.69) is 5.32 Å². The lowest BCUT2D eigenvalue weighted by molar-refractivity contribution is -0.130. The molecule has 5 nitrogen and oxygen atoms in total. The van der Waals surface area contributed by atoms with E-state index in [0.717, 1.165) is 25.9 Å². The molecule has 1 saturated heterocycles. The number of fused-ring (bicyclic) bond motifs is 1. The number of amides is 2. The number of hydrogen-bond acceptors (Lipinski definition) is 4. The summed E-state index contributed by atoms with van der Waals surface area (Å²) in [6.45, 7) is 2.24. The molecule has 22 heavy (non-hydrogen) atoms. The summed E-state index contributed by atoms with van der Waals surface area (Å²) in [5.41, 5.74) is 6.79. The molecule has 2 fully saturated rings. The Hall–Kier alpha value is -1.40. The summed E-state index contributed by atoms with van der Waals surface area (Å²) in [5.74, 6) is 1.25. The highest BCUT2D eigenvalue weighted by atomic mass is 32.1. The van der Waals surface area contributed by atoms with Crippen LogP contribution in [0.25, 0.3) is 0 Å². The maximum absolute atomic E-state index is 12.2. The van der Waals surface area contributed by atoms with Crippen LogP contribution >= 0.6 is 11.3 Å². The van der Waals surface area contributed by atoms with Crippen molar-refractivity contribution in [3.63, 3.8) is 0 Å². The van der Waals surface area contributed by atoms with Gasteiger partial charge in [0.2, 0.25) is 5.91 Å². The first-order valence-corrected chi connectivity index (χ1v) is 8.93. The number of rotatable bonds is 5. The van der Waals surface area contributed by atoms with Crippen LogP contribution in [0.1, 0.15) is 36.0 Å². The van der Waals surface area contributed by atoms with Crippen molar-refractivity contribution in [1.82, 2.24) is 10.2 Å². The van der Waals surface area contributed by atoms with E-state index in [4.69, 9.17) is 5.73 Å². The highest BCUT2D eigenvalue weighted by molar-refractivity contribution is 7.08. The van der Waals surface area contributed by atoms with Crippen LogP contribution in [0, 0.1) is 11.8 Å². The second kappa shape index (κ2) is 6.79. The van der Waals surface area contributed by atoms with E-state index in [1.54, 1.807) is 6.07 Å². The van der Waals surface area contributed by atoms with Crippen molar-refractivity contribution >= 4 is 23.2 Å². The van der Waals surface area contributed by atoms with E-state index in [9.17, 15) is 9.59 Å². The Balaban J connectivity index is 1.36. The SMILES string of the molecule is NC1CCC2CN(C(=O)CCCNC(=O)c3ccsc3)CC12. The molecule has 1 aromatic heterocycles. The van der Waals surface area contributed by atoms with Gasteiger partial charge in [0.05, 0.1) is 0 Å². The Kier molecular flexibility index (Phi) is 4.78. The van der Waals surface area contributed by atoms with Crippen molar-refractivity contribution in [2.45, 2.75) is 31.7 Å². The first-order chi connectivity index (χ1) is 10.6. The van der Waals surface area contributed by atoms with Crippen molar-refractivity contribution in [3.05, 3.63) is 22.4 Å². The summed E-state index contributed by atoms with van der Waals surface area (Å²) >= 11 is 1.51. The van der Waals surface area contributed by atoms with E-state index >= 15 is 0 Å². The lowest BCUT2D eigenvalue weighted by atomic mass is 9.98. The van der Waals surface area contributed by atoms with E-state index < -0.39 is 0 Å². The Bertz CT molecular complexity index is 532. The standard InChI is InChI=1S/C16H23N3O2S/c17-14-4-3-11-8-19(9-13(11)14)15(20)2-1-6-18-16(21)12-5-7-22-10-12/h5,7,10-11,13-14H,1-4,6,8-9,17H2,(H,18,21).